The Morgan fingerprint density at radius 2 is 2.00 bits per heavy atom. The Balaban J connectivity index is 0.000000160. The summed E-state index contributed by atoms with van der Waals surface area (Å²) >= 11 is 1.65. The van der Waals surface area contributed by atoms with Crippen molar-refractivity contribution in [3.8, 4) is 5.75 Å². The van der Waals surface area contributed by atoms with Crippen molar-refractivity contribution in [1.29, 1.82) is 0 Å². The zero-order valence-corrected chi connectivity index (χ0v) is 14.7. The van der Waals surface area contributed by atoms with Gasteiger partial charge in [0.05, 0.1) is 0 Å². The number of nitrogens with zero attached hydrogens (tertiary/aromatic N) is 3. The van der Waals surface area contributed by atoms with E-state index in [2.05, 4.69) is 21.8 Å². The maximum atomic E-state index is 10.5. The summed E-state index contributed by atoms with van der Waals surface area (Å²) in [5, 5.41) is 8.61. The van der Waals surface area contributed by atoms with E-state index in [-0.39, 0.29) is 5.56 Å². The molecule has 0 unspecified atom stereocenters. The van der Waals surface area contributed by atoms with Gasteiger partial charge in [-0.3, -0.25) is 4.99 Å². The lowest BCUT2D eigenvalue weighted by molar-refractivity contribution is 0.0695. The van der Waals surface area contributed by atoms with Crippen molar-refractivity contribution < 1.29 is 13.0 Å². The fraction of sp³-hybridized carbons (Fsp3) is 0.467. The van der Waals surface area contributed by atoms with Crippen molar-refractivity contribution >= 4 is 34.9 Å². The summed E-state index contributed by atoms with van der Waals surface area (Å²) in [5.41, 5.74) is 0.182. The Labute approximate surface area is 144 Å². The average molecular weight is 417 g/mol. The Kier molecular flexibility index (Phi) is 6.29. The van der Waals surface area contributed by atoms with Crippen LogP contribution < -0.4 is 3.07 Å². The number of guanidine groups is 1. The normalized spacial score (nSPS) is 16.9. The van der Waals surface area contributed by atoms with Crippen LogP contribution in [0.3, 0.4) is 0 Å². The van der Waals surface area contributed by atoms with E-state index >= 15 is 0 Å². The maximum Gasteiger partial charge on any atom is 0.339 e. The minimum atomic E-state index is -0.975. The Hall–Kier alpha value is -1.51. The summed E-state index contributed by atoms with van der Waals surface area (Å²) in [5.74, 6) is 0.625. The second-order valence-electron chi connectivity index (χ2n) is 5.18. The van der Waals surface area contributed by atoms with Crippen LogP contribution in [0.1, 0.15) is 23.2 Å². The van der Waals surface area contributed by atoms with Gasteiger partial charge in [0.1, 0.15) is 11.3 Å². The smallest absolute Gasteiger partial charge is 0.339 e. The van der Waals surface area contributed by atoms with Crippen molar-refractivity contribution in [3.63, 3.8) is 0 Å². The number of carbonyl (C=O) groups is 1. The van der Waals surface area contributed by atoms with Crippen molar-refractivity contribution in [1.82, 2.24) is 9.80 Å². The fourth-order valence-corrected chi connectivity index (χ4v) is 2.91. The summed E-state index contributed by atoms with van der Waals surface area (Å²) < 4.78 is 4.80. The number of carboxylic acid groups (broad SMARTS) is 1. The predicted molar refractivity (Wildman–Crippen MR) is 93.8 cm³/mol. The van der Waals surface area contributed by atoms with Gasteiger partial charge in [0.25, 0.3) is 0 Å². The first-order chi connectivity index (χ1) is 10.6. The molecule has 1 N–H and O–H groups in total. The van der Waals surface area contributed by atoms with Gasteiger partial charge >= 0.3 is 5.97 Å². The van der Waals surface area contributed by atoms with Crippen LogP contribution in [0.2, 0.25) is 0 Å². The Bertz CT molecular complexity index is 551. The molecule has 1 aromatic carbocycles. The van der Waals surface area contributed by atoms with Crippen LogP contribution in [-0.2, 0) is 0 Å². The predicted octanol–water partition coefficient (Wildman–Crippen LogP) is 2.50. The third-order valence-electron chi connectivity index (χ3n) is 3.59. The van der Waals surface area contributed by atoms with Gasteiger partial charge in [-0.2, -0.15) is 0 Å². The van der Waals surface area contributed by atoms with E-state index in [0.29, 0.717) is 5.75 Å². The highest BCUT2D eigenvalue weighted by molar-refractivity contribution is 14.1. The summed E-state index contributed by atoms with van der Waals surface area (Å²) in [6.45, 7) is 4.62. The van der Waals surface area contributed by atoms with Gasteiger partial charge in [-0.15, -0.1) is 0 Å². The minimum absolute atomic E-state index is 0.182. The van der Waals surface area contributed by atoms with Crippen molar-refractivity contribution in [3.05, 3.63) is 29.8 Å². The number of aliphatic imine (C=N–C) groups is 1. The third kappa shape index (κ3) is 4.25. The second kappa shape index (κ2) is 8.21. The molecule has 0 amide bonds. The number of hydrogen-bond donors (Lipinski definition) is 1. The topological polar surface area (TPSA) is 65.4 Å². The van der Waals surface area contributed by atoms with Crippen molar-refractivity contribution in [2.24, 2.45) is 4.99 Å². The van der Waals surface area contributed by atoms with Crippen LogP contribution in [-0.4, -0.2) is 60.1 Å². The number of carboxylic acids is 1. The molecule has 3 rings (SSSR count). The zero-order valence-electron chi connectivity index (χ0n) is 12.5. The largest absolute Gasteiger partial charge is 0.478 e. The second-order valence-corrected chi connectivity index (χ2v) is 5.62. The minimum Gasteiger partial charge on any atom is -0.478 e. The number of para-hydroxylation sites is 1. The zero-order chi connectivity index (χ0) is 15.9. The van der Waals surface area contributed by atoms with Crippen molar-refractivity contribution in [2.45, 2.75) is 12.8 Å². The van der Waals surface area contributed by atoms with Gasteiger partial charge in [0, 0.05) is 33.2 Å². The summed E-state index contributed by atoms with van der Waals surface area (Å²) in [6, 6.07) is 6.48. The first kappa shape index (κ1) is 16.9. The molecule has 0 aromatic heterocycles. The van der Waals surface area contributed by atoms with Crippen LogP contribution in [0.25, 0.3) is 0 Å². The van der Waals surface area contributed by atoms with Gasteiger partial charge in [0.15, 0.2) is 29.0 Å². The van der Waals surface area contributed by atoms with Gasteiger partial charge in [-0.25, -0.2) is 4.79 Å². The molecule has 1 aromatic rings. The number of aromatic carboxylic acids is 1. The summed E-state index contributed by atoms with van der Waals surface area (Å²) in [4.78, 5) is 19.7. The molecular weight excluding hydrogens is 397 g/mol. The lowest BCUT2D eigenvalue weighted by atomic mass is 10.2. The molecule has 2 aliphatic rings. The fourth-order valence-electron chi connectivity index (χ4n) is 2.52. The molecule has 0 spiro atoms. The number of hydrogen-bond acceptors (Lipinski definition) is 5. The molecule has 0 aliphatic carbocycles. The summed E-state index contributed by atoms with van der Waals surface area (Å²) in [7, 11) is 2.14. The molecule has 0 bridgehead atoms. The van der Waals surface area contributed by atoms with Crippen LogP contribution >= 0.6 is 23.0 Å². The van der Waals surface area contributed by atoms with Crippen LogP contribution in [0, 0.1) is 0 Å². The quantitative estimate of drug-likeness (QED) is 0.750. The number of halogens is 1. The SMILES string of the molecule is CN1CCCN2CCCN=C12.O=C(O)c1ccccc1OI. The molecule has 7 heteroatoms. The first-order valence-corrected chi connectivity index (χ1v) is 8.13. The van der Waals surface area contributed by atoms with E-state index in [0.717, 1.165) is 6.54 Å². The molecule has 0 atom stereocenters. The molecule has 0 radical (unpaired) electrons. The lowest BCUT2D eigenvalue weighted by Gasteiger charge is -2.39. The standard InChI is InChI=1S/C8H15N3.C7H5IO3/c1-10-5-3-7-11-6-2-4-9-8(10)11;8-11-6-4-2-1-3-5(6)7(9)10/h2-7H2,1H3;1-4H,(H,9,10). The molecule has 2 aliphatic heterocycles. The van der Waals surface area contributed by atoms with Gasteiger partial charge in [-0.05, 0) is 25.0 Å². The molecule has 120 valence electrons. The molecule has 22 heavy (non-hydrogen) atoms. The molecule has 2 heterocycles. The van der Waals surface area contributed by atoms with E-state index in [9.17, 15) is 4.79 Å². The van der Waals surface area contributed by atoms with Gasteiger partial charge < -0.3 is 18.0 Å². The van der Waals surface area contributed by atoms with E-state index < -0.39 is 5.97 Å². The number of rotatable bonds is 2. The average Bonchev–Trinajstić information content (AvgIpc) is 2.56. The highest BCUT2D eigenvalue weighted by Crippen LogP contribution is 2.19. The highest BCUT2D eigenvalue weighted by atomic mass is 127. The highest BCUT2D eigenvalue weighted by Gasteiger charge is 2.22. The Morgan fingerprint density at radius 1 is 1.27 bits per heavy atom. The first-order valence-electron chi connectivity index (χ1n) is 7.25. The third-order valence-corrected chi connectivity index (χ3v) is 4.06. The van der Waals surface area contributed by atoms with E-state index in [1.807, 2.05) is 0 Å². The molecule has 1 fully saturated rings. The lowest BCUT2D eigenvalue weighted by Crippen LogP contribution is -2.50. The van der Waals surface area contributed by atoms with Crippen LogP contribution in [0.4, 0.5) is 0 Å². The van der Waals surface area contributed by atoms with Crippen molar-refractivity contribution in [2.75, 3.05) is 33.2 Å². The number of fused-ring (bicyclic) bond motifs is 1. The maximum absolute atomic E-state index is 10.5. The molecule has 0 saturated carbocycles. The van der Waals surface area contributed by atoms with E-state index in [4.69, 9.17) is 8.17 Å². The van der Waals surface area contributed by atoms with E-state index in [1.54, 1.807) is 41.2 Å². The van der Waals surface area contributed by atoms with Gasteiger partial charge in [0.2, 0.25) is 0 Å². The van der Waals surface area contributed by atoms with Gasteiger partial charge in [-0.1, -0.05) is 12.1 Å². The van der Waals surface area contributed by atoms with Crippen LogP contribution in [0.5, 0.6) is 5.75 Å². The monoisotopic (exact) mass is 417 g/mol. The summed E-state index contributed by atoms with van der Waals surface area (Å²) in [6.07, 6.45) is 2.52. The molecule has 6 nitrogen and oxygen atoms in total. The molecular formula is C15H20IN3O3. The van der Waals surface area contributed by atoms with Crippen LogP contribution in [0.15, 0.2) is 29.3 Å². The molecule has 1 saturated heterocycles. The number of benzene rings is 1. The van der Waals surface area contributed by atoms with E-state index in [1.165, 1.54) is 44.5 Å². The Morgan fingerprint density at radius 3 is 2.64 bits per heavy atom.